The lowest BCUT2D eigenvalue weighted by atomic mass is 10.1. The number of amides is 1. The van der Waals surface area contributed by atoms with Gasteiger partial charge in [-0.15, -0.1) is 0 Å². The van der Waals surface area contributed by atoms with Gasteiger partial charge in [-0.2, -0.15) is 5.26 Å². The molecule has 1 aromatic heterocycles. The van der Waals surface area contributed by atoms with E-state index in [1.807, 2.05) is 41.6 Å². The van der Waals surface area contributed by atoms with Gasteiger partial charge in [-0.1, -0.05) is 6.07 Å². The van der Waals surface area contributed by atoms with Crippen molar-refractivity contribution >= 4 is 17.7 Å². The molecule has 0 atom stereocenters. The summed E-state index contributed by atoms with van der Waals surface area (Å²) in [6.07, 6.45) is 7.15. The van der Waals surface area contributed by atoms with Crippen LogP contribution in [0.1, 0.15) is 5.56 Å². The van der Waals surface area contributed by atoms with Crippen LogP contribution in [0.15, 0.2) is 48.8 Å². The number of hydrogen-bond donors (Lipinski definition) is 0. The van der Waals surface area contributed by atoms with Crippen molar-refractivity contribution in [1.29, 1.82) is 5.26 Å². The largest absolute Gasteiger partial charge is 0.493 e. The maximum Gasteiger partial charge on any atom is 0.246 e. The number of nitrogens with one attached hydrogen (secondary N) is 1. The zero-order chi connectivity index (χ0) is 19.8. The van der Waals surface area contributed by atoms with Crippen molar-refractivity contribution in [2.45, 2.75) is 0 Å². The van der Waals surface area contributed by atoms with Crippen LogP contribution in [0.5, 0.6) is 11.5 Å². The van der Waals surface area contributed by atoms with E-state index in [1.165, 1.54) is 7.11 Å². The predicted molar refractivity (Wildman–Crippen MR) is 105 cm³/mol. The van der Waals surface area contributed by atoms with Crippen molar-refractivity contribution in [3.63, 3.8) is 0 Å². The number of methoxy groups -OCH3 is 1. The molecule has 3 rings (SSSR count). The Morgan fingerprint density at radius 3 is 2.61 bits per heavy atom. The second kappa shape index (κ2) is 9.42. The minimum absolute atomic E-state index is 0.00943. The van der Waals surface area contributed by atoms with Crippen LogP contribution in [0.4, 0.5) is 5.69 Å². The molecule has 0 radical (unpaired) electrons. The standard InChI is InChI=1S/C21H22N4O3/c1-27-20-16-17(2-4-19(20)28-15-8-22)3-5-21(26)25-13-11-24(12-14-25)18-6-9-23-10-7-18/h2-7,9-10,16H,11-15H2,1H3/p+1/b5-3+. The summed E-state index contributed by atoms with van der Waals surface area (Å²) in [6, 6.07) is 11.3. The van der Waals surface area contributed by atoms with Gasteiger partial charge in [0.15, 0.2) is 30.5 Å². The quantitative estimate of drug-likeness (QED) is 0.715. The Bertz CT molecular complexity index is 869. The number of aromatic nitrogens is 1. The number of H-pyrrole nitrogens is 1. The maximum atomic E-state index is 12.5. The molecule has 1 fully saturated rings. The Kier molecular flexibility index (Phi) is 6.47. The van der Waals surface area contributed by atoms with E-state index in [1.54, 1.807) is 24.3 Å². The molecule has 1 saturated heterocycles. The number of carbonyl (C=O) groups excluding carboxylic acids is 1. The van der Waals surface area contributed by atoms with E-state index >= 15 is 0 Å². The van der Waals surface area contributed by atoms with Crippen molar-refractivity contribution in [2.75, 3.05) is 44.8 Å². The number of rotatable bonds is 6. The number of nitriles is 1. The summed E-state index contributed by atoms with van der Waals surface area (Å²) in [5.74, 6) is 1.02. The highest BCUT2D eigenvalue weighted by Crippen LogP contribution is 2.28. The van der Waals surface area contributed by atoms with Crippen molar-refractivity contribution in [3.05, 3.63) is 54.4 Å². The van der Waals surface area contributed by atoms with Crippen LogP contribution in [0.3, 0.4) is 0 Å². The van der Waals surface area contributed by atoms with Gasteiger partial charge in [-0.3, -0.25) is 4.79 Å². The van der Waals surface area contributed by atoms with Gasteiger partial charge < -0.3 is 19.3 Å². The van der Waals surface area contributed by atoms with Crippen molar-refractivity contribution in [3.8, 4) is 17.6 Å². The molecule has 1 aliphatic heterocycles. The van der Waals surface area contributed by atoms with E-state index < -0.39 is 0 Å². The lowest BCUT2D eigenvalue weighted by Gasteiger charge is -2.35. The minimum atomic E-state index is -0.0444. The number of aromatic amines is 1. The van der Waals surface area contributed by atoms with Crippen LogP contribution < -0.4 is 19.4 Å². The molecule has 0 unspecified atom stereocenters. The van der Waals surface area contributed by atoms with E-state index in [2.05, 4.69) is 9.88 Å². The third-order valence-electron chi connectivity index (χ3n) is 4.56. The number of nitrogens with zero attached hydrogens (tertiary/aromatic N) is 3. The zero-order valence-corrected chi connectivity index (χ0v) is 15.8. The first-order valence-corrected chi connectivity index (χ1v) is 9.07. The topological polar surface area (TPSA) is 79.9 Å². The summed E-state index contributed by atoms with van der Waals surface area (Å²) in [4.78, 5) is 19.6. The Balaban J connectivity index is 1.57. The lowest BCUT2D eigenvalue weighted by molar-refractivity contribution is -0.377. The van der Waals surface area contributed by atoms with E-state index in [4.69, 9.17) is 14.7 Å². The molecule has 1 amide bonds. The smallest absolute Gasteiger partial charge is 0.246 e. The lowest BCUT2D eigenvalue weighted by Crippen LogP contribution is -2.48. The molecule has 144 valence electrons. The first kappa shape index (κ1) is 19.2. The maximum absolute atomic E-state index is 12.5. The van der Waals surface area contributed by atoms with Gasteiger partial charge >= 0.3 is 0 Å². The number of ether oxygens (including phenoxy) is 2. The van der Waals surface area contributed by atoms with Gasteiger partial charge in [0.25, 0.3) is 0 Å². The molecule has 0 spiro atoms. The monoisotopic (exact) mass is 379 g/mol. The van der Waals surface area contributed by atoms with Crippen molar-refractivity contribution in [1.82, 2.24) is 4.90 Å². The SMILES string of the molecule is COc1cc(/C=C/C(=O)N2CCN(c3cc[nH+]cc3)CC2)ccc1OCC#N. The van der Waals surface area contributed by atoms with Crippen LogP contribution in [0.25, 0.3) is 6.08 Å². The van der Waals surface area contributed by atoms with Crippen LogP contribution in [0.2, 0.25) is 0 Å². The Morgan fingerprint density at radius 2 is 1.93 bits per heavy atom. The van der Waals surface area contributed by atoms with Crippen molar-refractivity contribution < 1.29 is 19.3 Å². The summed E-state index contributed by atoms with van der Waals surface area (Å²) >= 11 is 0. The summed E-state index contributed by atoms with van der Waals surface area (Å²) in [5, 5.41) is 8.62. The zero-order valence-electron chi connectivity index (χ0n) is 15.8. The van der Waals surface area contributed by atoms with Crippen LogP contribution >= 0.6 is 0 Å². The fraction of sp³-hybridized carbons (Fsp3) is 0.286. The average molecular weight is 379 g/mol. The van der Waals surface area contributed by atoms with E-state index in [0.29, 0.717) is 24.6 Å². The van der Waals surface area contributed by atoms with Gasteiger partial charge in [0.05, 0.1) is 7.11 Å². The number of hydrogen-bond acceptors (Lipinski definition) is 5. The highest BCUT2D eigenvalue weighted by molar-refractivity contribution is 5.92. The third kappa shape index (κ3) is 4.80. The van der Waals surface area contributed by atoms with Gasteiger partial charge in [0.2, 0.25) is 5.91 Å². The summed E-state index contributed by atoms with van der Waals surface area (Å²) < 4.78 is 10.6. The van der Waals surface area contributed by atoms with Crippen LogP contribution in [0, 0.1) is 11.3 Å². The molecule has 0 aliphatic carbocycles. The molecule has 2 aromatic rings. The molecule has 7 heteroatoms. The highest BCUT2D eigenvalue weighted by atomic mass is 16.5. The fourth-order valence-electron chi connectivity index (χ4n) is 3.06. The fourth-order valence-corrected chi connectivity index (χ4v) is 3.06. The average Bonchev–Trinajstić information content (AvgIpc) is 2.77. The van der Waals surface area contributed by atoms with E-state index in [9.17, 15) is 4.79 Å². The highest BCUT2D eigenvalue weighted by Gasteiger charge is 2.20. The Morgan fingerprint density at radius 1 is 1.18 bits per heavy atom. The summed E-state index contributed by atoms with van der Waals surface area (Å²) in [5.41, 5.74) is 1.99. The number of benzene rings is 1. The van der Waals surface area contributed by atoms with Gasteiger partial charge in [0.1, 0.15) is 6.07 Å². The molecule has 1 aromatic carbocycles. The molecule has 2 heterocycles. The molecule has 1 N–H and O–H groups in total. The normalized spacial score (nSPS) is 14.0. The molecule has 1 aliphatic rings. The predicted octanol–water partition coefficient (Wildman–Crippen LogP) is 1.77. The molecule has 0 bridgehead atoms. The Labute approximate surface area is 164 Å². The Hall–Kier alpha value is -3.53. The molecular formula is C21H23N4O3+. The third-order valence-corrected chi connectivity index (χ3v) is 4.56. The molecular weight excluding hydrogens is 356 g/mol. The summed E-state index contributed by atoms with van der Waals surface area (Å²) in [7, 11) is 1.54. The second-order valence-electron chi connectivity index (χ2n) is 6.26. The number of pyridine rings is 1. The van der Waals surface area contributed by atoms with Crippen LogP contribution in [-0.2, 0) is 4.79 Å². The molecule has 7 nitrogen and oxygen atoms in total. The van der Waals surface area contributed by atoms with E-state index in [0.717, 1.165) is 24.3 Å². The van der Waals surface area contributed by atoms with Crippen molar-refractivity contribution in [2.24, 2.45) is 0 Å². The van der Waals surface area contributed by atoms with Gasteiger partial charge in [0, 0.05) is 50.1 Å². The first-order valence-electron chi connectivity index (χ1n) is 9.07. The molecule has 28 heavy (non-hydrogen) atoms. The second-order valence-corrected chi connectivity index (χ2v) is 6.26. The van der Waals surface area contributed by atoms with Crippen LogP contribution in [-0.4, -0.2) is 50.7 Å². The van der Waals surface area contributed by atoms with Gasteiger partial charge in [-0.25, -0.2) is 4.98 Å². The summed E-state index contributed by atoms with van der Waals surface area (Å²) in [6.45, 7) is 2.94. The number of carbonyl (C=O) groups is 1. The first-order chi connectivity index (χ1) is 13.7. The van der Waals surface area contributed by atoms with E-state index in [-0.39, 0.29) is 12.5 Å². The number of anilines is 1. The molecule has 0 saturated carbocycles. The minimum Gasteiger partial charge on any atom is -0.493 e. The number of piperazine rings is 1. The van der Waals surface area contributed by atoms with Gasteiger partial charge in [-0.05, 0) is 23.8 Å².